The first-order chi connectivity index (χ1) is 11.2. The molecule has 3 nitrogen and oxygen atoms in total. The number of hydrogen-bond acceptors (Lipinski definition) is 2. The first-order valence-corrected chi connectivity index (χ1v) is 7.95. The molecule has 3 heteroatoms. The van der Waals surface area contributed by atoms with Crippen LogP contribution in [0.5, 0.6) is 0 Å². The van der Waals surface area contributed by atoms with Gasteiger partial charge in [0.2, 0.25) is 0 Å². The smallest absolute Gasteiger partial charge is 0.317 e. The minimum Gasteiger partial charge on any atom is -0.480 e. The van der Waals surface area contributed by atoms with Gasteiger partial charge in [0.25, 0.3) is 0 Å². The summed E-state index contributed by atoms with van der Waals surface area (Å²) in [6.45, 7) is 1.56. The zero-order chi connectivity index (χ0) is 16.1. The molecule has 0 amide bonds. The van der Waals surface area contributed by atoms with Crippen molar-refractivity contribution in [3.05, 3.63) is 83.9 Å². The van der Waals surface area contributed by atoms with E-state index in [2.05, 4.69) is 60.7 Å². The van der Waals surface area contributed by atoms with Crippen molar-refractivity contribution in [1.82, 2.24) is 4.90 Å². The molecule has 2 aromatic rings. The van der Waals surface area contributed by atoms with Crippen molar-refractivity contribution in [3.63, 3.8) is 0 Å². The molecular weight excluding hydrogens is 286 g/mol. The van der Waals surface area contributed by atoms with E-state index >= 15 is 0 Å². The zero-order valence-corrected chi connectivity index (χ0v) is 13.0. The largest absolute Gasteiger partial charge is 0.480 e. The van der Waals surface area contributed by atoms with Crippen molar-refractivity contribution in [2.45, 2.75) is 5.92 Å². The number of carboxylic acids is 1. The second-order valence-electron chi connectivity index (χ2n) is 5.98. The number of carbonyl (C=O) groups is 1. The highest BCUT2D eigenvalue weighted by Gasteiger charge is 2.27. The van der Waals surface area contributed by atoms with E-state index in [1.54, 1.807) is 0 Å². The molecule has 0 fully saturated rings. The fourth-order valence-corrected chi connectivity index (χ4v) is 3.36. The summed E-state index contributed by atoms with van der Waals surface area (Å²) in [7, 11) is 0. The standard InChI is InChI=1S/C20H21NO2/c22-19(23)15-21-13-7-12-18(14-21)20(16-8-3-1-4-9-16)17-10-5-2-6-11-17/h1-12,18,20H,13-15H2,(H,22,23). The van der Waals surface area contributed by atoms with E-state index in [9.17, 15) is 4.79 Å². The van der Waals surface area contributed by atoms with Gasteiger partial charge in [0.05, 0.1) is 6.54 Å². The van der Waals surface area contributed by atoms with Crippen LogP contribution in [0.3, 0.4) is 0 Å². The molecule has 0 bridgehead atoms. The van der Waals surface area contributed by atoms with Crippen LogP contribution in [0.1, 0.15) is 17.0 Å². The third-order valence-corrected chi connectivity index (χ3v) is 4.32. The Morgan fingerprint density at radius 2 is 1.61 bits per heavy atom. The summed E-state index contributed by atoms with van der Waals surface area (Å²) in [6.07, 6.45) is 4.33. The Morgan fingerprint density at radius 1 is 1.04 bits per heavy atom. The van der Waals surface area contributed by atoms with Crippen LogP contribution in [0.4, 0.5) is 0 Å². The van der Waals surface area contributed by atoms with E-state index in [1.807, 2.05) is 17.0 Å². The fraction of sp³-hybridized carbons (Fsp3) is 0.250. The van der Waals surface area contributed by atoms with E-state index in [-0.39, 0.29) is 18.4 Å². The number of benzene rings is 2. The molecule has 1 N–H and O–H groups in total. The maximum Gasteiger partial charge on any atom is 0.317 e. The lowest BCUT2D eigenvalue weighted by molar-refractivity contribution is -0.138. The number of carboxylic acid groups (broad SMARTS) is 1. The molecule has 0 radical (unpaired) electrons. The van der Waals surface area contributed by atoms with Gasteiger partial charge in [0.15, 0.2) is 0 Å². The molecule has 0 saturated heterocycles. The van der Waals surface area contributed by atoms with Crippen LogP contribution >= 0.6 is 0 Å². The third-order valence-electron chi connectivity index (χ3n) is 4.32. The molecule has 1 aliphatic rings. The Labute approximate surface area is 136 Å². The minimum atomic E-state index is -0.768. The van der Waals surface area contributed by atoms with Gasteiger partial charge in [-0.3, -0.25) is 9.69 Å². The predicted octanol–water partition coefficient (Wildman–Crippen LogP) is 3.39. The van der Waals surface area contributed by atoms with Crippen LogP contribution < -0.4 is 0 Å². The lowest BCUT2D eigenvalue weighted by Gasteiger charge is -2.33. The molecule has 1 atom stereocenters. The van der Waals surface area contributed by atoms with Gasteiger partial charge in [0.1, 0.15) is 0 Å². The Hall–Kier alpha value is -2.39. The summed E-state index contributed by atoms with van der Waals surface area (Å²) in [4.78, 5) is 13.0. The second kappa shape index (κ2) is 7.25. The highest BCUT2D eigenvalue weighted by Crippen LogP contribution is 2.34. The topological polar surface area (TPSA) is 40.5 Å². The fourth-order valence-electron chi connectivity index (χ4n) is 3.36. The first-order valence-electron chi connectivity index (χ1n) is 7.95. The molecule has 1 heterocycles. The molecule has 0 spiro atoms. The summed E-state index contributed by atoms with van der Waals surface area (Å²) in [5.74, 6) is -0.256. The van der Waals surface area contributed by atoms with Crippen LogP contribution in [0, 0.1) is 5.92 Å². The van der Waals surface area contributed by atoms with Gasteiger partial charge in [-0.05, 0) is 11.1 Å². The molecule has 0 aromatic heterocycles. The van der Waals surface area contributed by atoms with Gasteiger partial charge >= 0.3 is 5.97 Å². The van der Waals surface area contributed by atoms with Crippen LogP contribution in [-0.2, 0) is 4.79 Å². The molecule has 118 valence electrons. The highest BCUT2D eigenvalue weighted by atomic mass is 16.4. The van der Waals surface area contributed by atoms with Crippen molar-refractivity contribution in [3.8, 4) is 0 Å². The summed E-state index contributed by atoms with van der Waals surface area (Å²) in [6, 6.07) is 20.9. The Balaban J connectivity index is 1.91. The van der Waals surface area contributed by atoms with Gasteiger partial charge in [-0.15, -0.1) is 0 Å². The number of rotatable bonds is 5. The molecule has 23 heavy (non-hydrogen) atoms. The molecule has 0 saturated carbocycles. The first kappa shape index (κ1) is 15.5. The monoisotopic (exact) mass is 307 g/mol. The maximum absolute atomic E-state index is 11.0. The summed E-state index contributed by atoms with van der Waals surface area (Å²) < 4.78 is 0. The van der Waals surface area contributed by atoms with Gasteiger partial charge in [-0.2, -0.15) is 0 Å². The number of hydrogen-bond donors (Lipinski definition) is 1. The van der Waals surface area contributed by atoms with Crippen molar-refractivity contribution in [2.24, 2.45) is 5.92 Å². The molecule has 0 aliphatic carbocycles. The molecule has 2 aromatic carbocycles. The van der Waals surface area contributed by atoms with Crippen LogP contribution in [0.15, 0.2) is 72.8 Å². The van der Waals surface area contributed by atoms with Crippen LogP contribution in [-0.4, -0.2) is 35.6 Å². The van der Waals surface area contributed by atoms with E-state index < -0.39 is 5.97 Å². The SMILES string of the molecule is O=C(O)CN1CC=CC(C(c2ccccc2)c2ccccc2)C1. The third kappa shape index (κ3) is 3.88. The van der Waals surface area contributed by atoms with E-state index in [0.717, 1.165) is 6.54 Å². The Bertz CT molecular complexity index is 627. The number of nitrogens with zero attached hydrogens (tertiary/aromatic N) is 1. The van der Waals surface area contributed by atoms with Crippen molar-refractivity contribution in [2.75, 3.05) is 19.6 Å². The normalized spacial score (nSPS) is 18.2. The Morgan fingerprint density at radius 3 is 2.13 bits per heavy atom. The lowest BCUT2D eigenvalue weighted by atomic mass is 9.79. The average molecular weight is 307 g/mol. The zero-order valence-electron chi connectivity index (χ0n) is 13.0. The van der Waals surface area contributed by atoms with Gasteiger partial charge < -0.3 is 5.11 Å². The van der Waals surface area contributed by atoms with Gasteiger partial charge in [0, 0.05) is 24.9 Å². The van der Waals surface area contributed by atoms with Crippen LogP contribution in [0.25, 0.3) is 0 Å². The number of aliphatic carboxylic acids is 1. The highest BCUT2D eigenvalue weighted by molar-refractivity contribution is 5.69. The van der Waals surface area contributed by atoms with E-state index in [4.69, 9.17) is 5.11 Å². The Kier molecular flexibility index (Phi) is 4.89. The van der Waals surface area contributed by atoms with E-state index in [1.165, 1.54) is 11.1 Å². The van der Waals surface area contributed by atoms with Gasteiger partial charge in [-0.25, -0.2) is 0 Å². The molecular formula is C20H21NO2. The quantitative estimate of drug-likeness (QED) is 0.861. The maximum atomic E-state index is 11.0. The van der Waals surface area contributed by atoms with Crippen molar-refractivity contribution in [1.29, 1.82) is 0 Å². The second-order valence-corrected chi connectivity index (χ2v) is 5.98. The molecule has 3 rings (SSSR count). The summed E-state index contributed by atoms with van der Waals surface area (Å²) in [5, 5.41) is 9.06. The lowest BCUT2D eigenvalue weighted by Crippen LogP contribution is -2.38. The summed E-state index contributed by atoms with van der Waals surface area (Å²) in [5.41, 5.74) is 2.54. The molecule has 1 unspecified atom stereocenters. The van der Waals surface area contributed by atoms with Crippen molar-refractivity contribution >= 4 is 5.97 Å². The van der Waals surface area contributed by atoms with Crippen LogP contribution in [0.2, 0.25) is 0 Å². The average Bonchev–Trinajstić information content (AvgIpc) is 2.57. The van der Waals surface area contributed by atoms with Gasteiger partial charge in [-0.1, -0.05) is 72.8 Å². The minimum absolute atomic E-state index is 0.0944. The predicted molar refractivity (Wildman–Crippen MR) is 91.4 cm³/mol. The molecule has 1 aliphatic heterocycles. The van der Waals surface area contributed by atoms with E-state index in [0.29, 0.717) is 6.54 Å². The van der Waals surface area contributed by atoms with Crippen molar-refractivity contribution < 1.29 is 9.90 Å². The summed E-state index contributed by atoms with van der Waals surface area (Å²) >= 11 is 0.